The van der Waals surface area contributed by atoms with E-state index in [1.807, 2.05) is 0 Å². The molecule has 0 N–H and O–H groups in total. The average Bonchev–Trinajstić information content (AvgIpc) is 2.26. The summed E-state index contributed by atoms with van der Waals surface area (Å²) in [6.45, 7) is 10.6. The molecular formula is C15H21BrN2O4. The molecule has 1 rings (SSSR count). The zero-order valence-corrected chi connectivity index (χ0v) is 15.2. The third-order valence-corrected chi connectivity index (χ3v) is 3.12. The molecule has 22 heavy (non-hydrogen) atoms. The van der Waals surface area contributed by atoms with Crippen LogP contribution in [-0.2, 0) is 4.74 Å². The van der Waals surface area contributed by atoms with E-state index in [1.54, 1.807) is 47.6 Å². The van der Waals surface area contributed by atoms with Gasteiger partial charge in [-0.3, -0.25) is 15.0 Å². The molecule has 0 aliphatic rings. The molecule has 1 aromatic rings. The zero-order chi connectivity index (χ0) is 17.3. The highest BCUT2D eigenvalue weighted by Crippen LogP contribution is 2.36. The first-order chi connectivity index (χ1) is 9.83. The number of anilines is 1. The molecule has 0 unspecified atom stereocenters. The Hall–Kier alpha value is -1.63. The van der Waals surface area contributed by atoms with Gasteiger partial charge < -0.3 is 4.74 Å². The van der Waals surface area contributed by atoms with Gasteiger partial charge in [0, 0.05) is 16.1 Å². The highest BCUT2D eigenvalue weighted by atomic mass is 79.9. The molecule has 0 saturated heterocycles. The van der Waals surface area contributed by atoms with Gasteiger partial charge in [0.2, 0.25) is 0 Å². The lowest BCUT2D eigenvalue weighted by molar-refractivity contribution is -0.384. The van der Waals surface area contributed by atoms with Crippen molar-refractivity contribution in [3.8, 4) is 0 Å². The fraction of sp³-hybridized carbons (Fsp3) is 0.533. The minimum atomic E-state index is -0.690. The van der Waals surface area contributed by atoms with Crippen LogP contribution in [0.5, 0.6) is 0 Å². The summed E-state index contributed by atoms with van der Waals surface area (Å²) >= 11 is 3.21. The number of nitro benzene ring substituents is 1. The Labute approximate surface area is 138 Å². The maximum atomic E-state index is 12.5. The highest BCUT2D eigenvalue weighted by Gasteiger charge is 2.36. The standard InChI is InChI=1S/C15H21BrN2O4/c1-14(2,3)17(13(19)22-15(4,5)6)11-8-7-10(16)9-12(11)18(20)21/h7-9H,1-6H3. The first-order valence-corrected chi connectivity index (χ1v) is 7.59. The van der Waals surface area contributed by atoms with Crippen molar-refractivity contribution in [2.45, 2.75) is 52.7 Å². The van der Waals surface area contributed by atoms with Gasteiger partial charge in [-0.2, -0.15) is 0 Å². The van der Waals surface area contributed by atoms with Crippen molar-refractivity contribution in [3.63, 3.8) is 0 Å². The summed E-state index contributed by atoms with van der Waals surface area (Å²) in [5.74, 6) is 0. The average molecular weight is 373 g/mol. The van der Waals surface area contributed by atoms with Crippen LogP contribution in [0.1, 0.15) is 41.5 Å². The van der Waals surface area contributed by atoms with Crippen LogP contribution in [0.3, 0.4) is 0 Å². The maximum absolute atomic E-state index is 12.5. The van der Waals surface area contributed by atoms with Crippen molar-refractivity contribution < 1.29 is 14.5 Å². The molecule has 0 fully saturated rings. The number of nitrogens with zero attached hydrogens (tertiary/aromatic N) is 2. The normalized spacial score (nSPS) is 12.0. The molecule has 0 heterocycles. The Morgan fingerprint density at radius 2 is 1.77 bits per heavy atom. The lowest BCUT2D eigenvalue weighted by Gasteiger charge is -2.36. The van der Waals surface area contributed by atoms with E-state index >= 15 is 0 Å². The minimum absolute atomic E-state index is 0.157. The first kappa shape index (κ1) is 18.4. The largest absolute Gasteiger partial charge is 0.443 e. The molecule has 7 heteroatoms. The van der Waals surface area contributed by atoms with Crippen LogP contribution < -0.4 is 4.90 Å². The number of carbonyl (C=O) groups excluding carboxylic acids is 1. The molecule has 122 valence electrons. The van der Waals surface area contributed by atoms with Crippen LogP contribution in [0.2, 0.25) is 0 Å². The van der Waals surface area contributed by atoms with E-state index in [9.17, 15) is 14.9 Å². The number of nitro groups is 1. The van der Waals surface area contributed by atoms with Gasteiger partial charge in [0.05, 0.1) is 4.92 Å². The third kappa shape index (κ3) is 4.69. The van der Waals surface area contributed by atoms with E-state index in [-0.39, 0.29) is 11.4 Å². The lowest BCUT2D eigenvalue weighted by atomic mass is 10.0. The van der Waals surface area contributed by atoms with Gasteiger partial charge in [-0.25, -0.2) is 4.79 Å². The summed E-state index contributed by atoms with van der Waals surface area (Å²) in [6.07, 6.45) is -0.620. The summed E-state index contributed by atoms with van der Waals surface area (Å²) in [5.41, 5.74) is -1.32. The Kier molecular flexibility index (Phi) is 5.22. The quantitative estimate of drug-likeness (QED) is 0.546. The molecule has 0 aliphatic carbocycles. The molecule has 0 radical (unpaired) electrons. The van der Waals surface area contributed by atoms with Gasteiger partial charge in [-0.15, -0.1) is 0 Å². The van der Waals surface area contributed by atoms with Crippen molar-refractivity contribution in [1.29, 1.82) is 0 Å². The van der Waals surface area contributed by atoms with Crippen molar-refractivity contribution in [2.24, 2.45) is 0 Å². The van der Waals surface area contributed by atoms with E-state index in [4.69, 9.17) is 4.74 Å². The van der Waals surface area contributed by atoms with Crippen LogP contribution in [0.25, 0.3) is 0 Å². The fourth-order valence-corrected chi connectivity index (χ4v) is 2.22. The molecule has 0 saturated carbocycles. The van der Waals surface area contributed by atoms with Crippen molar-refractivity contribution in [3.05, 3.63) is 32.8 Å². The Morgan fingerprint density at radius 1 is 1.23 bits per heavy atom. The van der Waals surface area contributed by atoms with Crippen molar-refractivity contribution in [1.82, 2.24) is 0 Å². The van der Waals surface area contributed by atoms with Gasteiger partial charge in [-0.1, -0.05) is 15.9 Å². The highest BCUT2D eigenvalue weighted by molar-refractivity contribution is 9.10. The van der Waals surface area contributed by atoms with Gasteiger partial charge in [0.25, 0.3) is 5.69 Å². The first-order valence-electron chi connectivity index (χ1n) is 6.80. The Morgan fingerprint density at radius 3 is 2.18 bits per heavy atom. The van der Waals surface area contributed by atoms with Crippen LogP contribution >= 0.6 is 15.9 Å². The van der Waals surface area contributed by atoms with Crippen molar-refractivity contribution >= 4 is 33.4 Å². The van der Waals surface area contributed by atoms with E-state index in [2.05, 4.69) is 15.9 Å². The second-order valence-electron chi connectivity index (χ2n) is 6.88. The van der Waals surface area contributed by atoms with Crippen LogP contribution in [0.15, 0.2) is 22.7 Å². The summed E-state index contributed by atoms with van der Waals surface area (Å²) in [4.78, 5) is 24.7. The number of ether oxygens (including phenoxy) is 1. The van der Waals surface area contributed by atoms with Crippen LogP contribution in [0, 0.1) is 10.1 Å². The van der Waals surface area contributed by atoms with E-state index < -0.39 is 22.2 Å². The van der Waals surface area contributed by atoms with E-state index in [0.717, 1.165) is 0 Å². The molecule has 6 nitrogen and oxygen atoms in total. The third-order valence-electron chi connectivity index (χ3n) is 2.62. The summed E-state index contributed by atoms with van der Waals surface area (Å²) in [5, 5.41) is 11.3. The van der Waals surface area contributed by atoms with Gasteiger partial charge in [-0.05, 0) is 53.7 Å². The van der Waals surface area contributed by atoms with E-state index in [1.165, 1.54) is 17.0 Å². The Bertz CT molecular complexity index is 588. The van der Waals surface area contributed by atoms with Gasteiger partial charge in [0.1, 0.15) is 11.3 Å². The van der Waals surface area contributed by atoms with Crippen LogP contribution in [-0.4, -0.2) is 22.2 Å². The zero-order valence-electron chi connectivity index (χ0n) is 13.6. The predicted molar refractivity (Wildman–Crippen MR) is 89.3 cm³/mol. The van der Waals surface area contributed by atoms with Crippen LogP contribution in [0.4, 0.5) is 16.2 Å². The number of benzene rings is 1. The van der Waals surface area contributed by atoms with Gasteiger partial charge >= 0.3 is 6.09 Å². The predicted octanol–water partition coefficient (Wildman–Crippen LogP) is 4.90. The molecule has 0 spiro atoms. The second kappa shape index (κ2) is 6.24. The molecular weight excluding hydrogens is 352 g/mol. The number of amides is 1. The molecule has 1 aromatic carbocycles. The monoisotopic (exact) mass is 372 g/mol. The van der Waals surface area contributed by atoms with Crippen molar-refractivity contribution in [2.75, 3.05) is 4.90 Å². The summed E-state index contributed by atoms with van der Waals surface area (Å²) in [6, 6.07) is 4.57. The number of hydrogen-bond donors (Lipinski definition) is 0. The fourth-order valence-electron chi connectivity index (χ4n) is 1.87. The second-order valence-corrected chi connectivity index (χ2v) is 7.79. The minimum Gasteiger partial charge on any atom is -0.443 e. The lowest BCUT2D eigenvalue weighted by Crippen LogP contribution is -2.48. The smallest absolute Gasteiger partial charge is 0.415 e. The molecule has 0 aliphatic heterocycles. The molecule has 1 amide bonds. The number of halogens is 1. The number of carbonyl (C=O) groups is 1. The number of hydrogen-bond acceptors (Lipinski definition) is 4. The topological polar surface area (TPSA) is 72.7 Å². The molecule has 0 atom stereocenters. The molecule has 0 aromatic heterocycles. The maximum Gasteiger partial charge on any atom is 0.415 e. The summed E-state index contributed by atoms with van der Waals surface area (Å²) in [7, 11) is 0. The molecule has 0 bridgehead atoms. The number of rotatable bonds is 2. The summed E-state index contributed by atoms with van der Waals surface area (Å²) < 4.78 is 5.97. The van der Waals surface area contributed by atoms with E-state index in [0.29, 0.717) is 4.47 Å². The SMILES string of the molecule is CC(C)(C)OC(=O)N(c1ccc(Br)cc1[N+](=O)[O-])C(C)(C)C. The Balaban J connectivity index is 3.42. The van der Waals surface area contributed by atoms with Gasteiger partial charge in [0.15, 0.2) is 0 Å².